The molecule has 23 heavy (non-hydrogen) atoms. The van der Waals surface area contributed by atoms with E-state index in [0.717, 1.165) is 10.0 Å². The molecular formula is C16H14BrN5O. The van der Waals surface area contributed by atoms with E-state index < -0.39 is 6.03 Å². The van der Waals surface area contributed by atoms with E-state index in [1.165, 1.54) is 10.4 Å². The number of carbonyl (C=O) groups excluding carboxylic acids is 1. The van der Waals surface area contributed by atoms with Gasteiger partial charge in [-0.25, -0.2) is 10.2 Å². The number of hydrogen-bond donors (Lipinski definition) is 2. The molecule has 0 saturated carbocycles. The lowest BCUT2D eigenvalue weighted by atomic mass is 10.1. The fourth-order valence-electron chi connectivity index (χ4n) is 1.97. The molecule has 2 N–H and O–H groups in total. The lowest BCUT2D eigenvalue weighted by Gasteiger charge is -2.06. The van der Waals surface area contributed by atoms with Crippen LogP contribution in [0.1, 0.15) is 5.56 Å². The van der Waals surface area contributed by atoms with Gasteiger partial charge in [0, 0.05) is 15.7 Å². The van der Waals surface area contributed by atoms with Crippen molar-refractivity contribution in [2.45, 2.75) is 6.92 Å². The summed E-state index contributed by atoms with van der Waals surface area (Å²) in [5, 5.41) is 10.7. The lowest BCUT2D eigenvalue weighted by Crippen LogP contribution is -2.28. The summed E-state index contributed by atoms with van der Waals surface area (Å²) in [6, 6.07) is 14.8. The molecule has 0 saturated heterocycles. The van der Waals surface area contributed by atoms with Crippen LogP contribution in [0, 0.1) is 6.92 Å². The first-order valence-corrected chi connectivity index (χ1v) is 7.72. The first kappa shape index (κ1) is 15.2. The molecule has 1 aromatic heterocycles. The topological polar surface area (TPSA) is 71.8 Å². The van der Waals surface area contributed by atoms with Gasteiger partial charge in [-0.3, -0.25) is 0 Å². The van der Waals surface area contributed by atoms with Crippen LogP contribution >= 0.6 is 15.9 Å². The number of rotatable bonds is 3. The number of halogens is 1. The van der Waals surface area contributed by atoms with Crippen molar-refractivity contribution in [3.8, 4) is 11.3 Å². The molecule has 6 nitrogen and oxygen atoms in total. The second-order valence-corrected chi connectivity index (χ2v) is 5.90. The predicted molar refractivity (Wildman–Crippen MR) is 92.7 cm³/mol. The number of nitrogens with one attached hydrogen (secondary N) is 2. The van der Waals surface area contributed by atoms with E-state index in [1.807, 2.05) is 43.3 Å². The van der Waals surface area contributed by atoms with E-state index in [4.69, 9.17) is 0 Å². The van der Waals surface area contributed by atoms with Crippen molar-refractivity contribution in [2.75, 3.05) is 10.7 Å². The molecule has 0 bridgehead atoms. The molecule has 3 aromatic rings. The minimum atomic E-state index is -0.396. The quantitative estimate of drug-likeness (QED) is 0.735. The van der Waals surface area contributed by atoms with Gasteiger partial charge in [-0.05, 0) is 36.4 Å². The molecule has 0 atom stereocenters. The summed E-state index contributed by atoms with van der Waals surface area (Å²) in [7, 11) is 0. The molecule has 0 fully saturated rings. The average Bonchev–Trinajstić information content (AvgIpc) is 2.98. The zero-order valence-electron chi connectivity index (χ0n) is 12.3. The van der Waals surface area contributed by atoms with Gasteiger partial charge in [0.25, 0.3) is 0 Å². The molecule has 3 rings (SSSR count). The molecule has 116 valence electrons. The molecule has 0 aliphatic heterocycles. The van der Waals surface area contributed by atoms with Gasteiger partial charge >= 0.3 is 6.03 Å². The molecular weight excluding hydrogens is 358 g/mol. The van der Waals surface area contributed by atoms with Crippen LogP contribution in [0.25, 0.3) is 11.3 Å². The van der Waals surface area contributed by atoms with Crippen molar-refractivity contribution in [3.63, 3.8) is 0 Å². The molecule has 0 aliphatic rings. The maximum Gasteiger partial charge on any atom is 0.339 e. The fraction of sp³-hybridized carbons (Fsp3) is 0.0625. The van der Waals surface area contributed by atoms with Crippen molar-refractivity contribution in [1.82, 2.24) is 15.1 Å². The highest BCUT2D eigenvalue weighted by Gasteiger charge is 2.06. The highest BCUT2D eigenvalue weighted by atomic mass is 79.9. The Kier molecular flexibility index (Phi) is 4.38. The minimum Gasteiger partial charge on any atom is -0.307 e. The molecule has 0 unspecified atom stereocenters. The van der Waals surface area contributed by atoms with Gasteiger partial charge in [0.15, 0.2) is 0 Å². The minimum absolute atomic E-state index is 0.396. The third kappa shape index (κ3) is 3.95. The number of amides is 2. The zero-order valence-corrected chi connectivity index (χ0v) is 13.9. The molecule has 0 aliphatic carbocycles. The van der Waals surface area contributed by atoms with E-state index >= 15 is 0 Å². The third-order valence-corrected chi connectivity index (χ3v) is 3.69. The lowest BCUT2D eigenvalue weighted by molar-refractivity contribution is 0.259. The van der Waals surface area contributed by atoms with Crippen LogP contribution in [0.2, 0.25) is 0 Å². The van der Waals surface area contributed by atoms with Gasteiger partial charge in [-0.1, -0.05) is 45.8 Å². The SMILES string of the molecule is Cc1ccc(-c2cn(NC(=O)Nc3ccc(Br)cc3)nn2)cc1. The zero-order chi connectivity index (χ0) is 16.2. The number of carbonyl (C=O) groups is 1. The van der Waals surface area contributed by atoms with Crippen molar-refractivity contribution in [2.24, 2.45) is 0 Å². The largest absolute Gasteiger partial charge is 0.339 e. The normalized spacial score (nSPS) is 10.3. The second kappa shape index (κ2) is 6.62. The molecule has 0 spiro atoms. The Bertz CT molecular complexity index is 811. The highest BCUT2D eigenvalue weighted by Crippen LogP contribution is 2.16. The number of aromatic nitrogens is 3. The van der Waals surface area contributed by atoms with Crippen LogP contribution in [0.15, 0.2) is 59.2 Å². The van der Waals surface area contributed by atoms with Crippen LogP contribution in [0.3, 0.4) is 0 Å². The Morgan fingerprint density at radius 2 is 1.78 bits per heavy atom. The van der Waals surface area contributed by atoms with E-state index in [0.29, 0.717) is 11.4 Å². The predicted octanol–water partition coefficient (Wildman–Crippen LogP) is 3.79. The maximum atomic E-state index is 11.9. The summed E-state index contributed by atoms with van der Waals surface area (Å²) >= 11 is 3.34. The van der Waals surface area contributed by atoms with Crippen molar-refractivity contribution < 1.29 is 4.79 Å². The number of aryl methyl sites for hydroxylation is 1. The van der Waals surface area contributed by atoms with Crippen molar-refractivity contribution in [3.05, 3.63) is 64.8 Å². The van der Waals surface area contributed by atoms with Gasteiger partial charge in [0.05, 0.1) is 6.20 Å². The number of urea groups is 1. The summed E-state index contributed by atoms with van der Waals surface area (Å²) < 4.78 is 0.947. The van der Waals surface area contributed by atoms with E-state index in [9.17, 15) is 4.79 Å². The first-order chi connectivity index (χ1) is 11.1. The molecule has 2 aromatic carbocycles. The standard InChI is InChI=1S/C16H14BrN5O/c1-11-2-4-12(5-3-11)15-10-22(21-19-15)20-16(23)18-14-8-6-13(17)7-9-14/h2-10H,1H3,(H2,18,20,23). The molecule has 2 amide bonds. The number of nitrogens with zero attached hydrogens (tertiary/aromatic N) is 3. The van der Waals surface area contributed by atoms with Gasteiger partial charge in [0.1, 0.15) is 5.69 Å². The first-order valence-electron chi connectivity index (χ1n) is 6.93. The monoisotopic (exact) mass is 371 g/mol. The Morgan fingerprint density at radius 1 is 1.09 bits per heavy atom. The van der Waals surface area contributed by atoms with Gasteiger partial charge in [-0.15, -0.1) is 5.10 Å². The summed E-state index contributed by atoms with van der Waals surface area (Å²) in [5.41, 5.74) is 6.08. The number of anilines is 1. The van der Waals surface area contributed by atoms with Crippen molar-refractivity contribution in [1.29, 1.82) is 0 Å². The average molecular weight is 372 g/mol. The smallest absolute Gasteiger partial charge is 0.307 e. The van der Waals surface area contributed by atoms with Crippen LogP contribution in [0.5, 0.6) is 0 Å². The van der Waals surface area contributed by atoms with E-state index in [2.05, 4.69) is 37.0 Å². The van der Waals surface area contributed by atoms with Crippen LogP contribution in [0.4, 0.5) is 10.5 Å². The van der Waals surface area contributed by atoms with Crippen molar-refractivity contribution >= 4 is 27.6 Å². The summed E-state index contributed by atoms with van der Waals surface area (Å²) in [4.78, 5) is 13.2. The Hall–Kier alpha value is -2.67. The summed E-state index contributed by atoms with van der Waals surface area (Å²) in [6.07, 6.45) is 1.66. The van der Waals surface area contributed by atoms with E-state index in [1.54, 1.807) is 18.3 Å². The summed E-state index contributed by atoms with van der Waals surface area (Å²) in [5.74, 6) is 0. The Morgan fingerprint density at radius 3 is 2.48 bits per heavy atom. The third-order valence-electron chi connectivity index (χ3n) is 3.16. The van der Waals surface area contributed by atoms with Crippen LogP contribution < -0.4 is 10.7 Å². The molecule has 0 radical (unpaired) electrons. The second-order valence-electron chi connectivity index (χ2n) is 4.99. The van der Waals surface area contributed by atoms with Gasteiger partial charge in [-0.2, -0.15) is 4.79 Å². The van der Waals surface area contributed by atoms with Crippen LogP contribution in [-0.4, -0.2) is 21.1 Å². The van der Waals surface area contributed by atoms with Crippen LogP contribution in [-0.2, 0) is 0 Å². The summed E-state index contributed by atoms with van der Waals surface area (Å²) in [6.45, 7) is 2.02. The number of hydrogen-bond acceptors (Lipinski definition) is 3. The number of benzene rings is 2. The Labute approximate surface area is 141 Å². The molecule has 7 heteroatoms. The Balaban J connectivity index is 1.65. The maximum absolute atomic E-state index is 11.9. The fourth-order valence-corrected chi connectivity index (χ4v) is 2.24. The molecule has 1 heterocycles. The van der Waals surface area contributed by atoms with Gasteiger partial charge in [0.2, 0.25) is 0 Å². The van der Waals surface area contributed by atoms with E-state index in [-0.39, 0.29) is 0 Å². The highest BCUT2D eigenvalue weighted by molar-refractivity contribution is 9.10. The van der Waals surface area contributed by atoms with Gasteiger partial charge < -0.3 is 5.32 Å².